The minimum Gasteiger partial charge on any atom is -0.493 e. The highest BCUT2D eigenvalue weighted by atomic mass is 79.9. The Balaban J connectivity index is 2.51. The maximum Gasteiger partial charge on any atom is 0.209 e. The number of methoxy groups -OCH3 is 3. The molecule has 2 aromatic rings. The largest absolute Gasteiger partial charge is 0.493 e. The van der Waals surface area contributed by atoms with Crippen LogP contribution in [0.15, 0.2) is 28.9 Å². The maximum absolute atomic E-state index is 12.9. The van der Waals surface area contributed by atoms with Crippen molar-refractivity contribution in [1.29, 1.82) is 0 Å². The molecule has 0 aliphatic rings. The third-order valence-electron chi connectivity index (χ3n) is 3.49. The zero-order chi connectivity index (χ0) is 17.0. The van der Waals surface area contributed by atoms with Crippen LogP contribution in [0.5, 0.6) is 17.2 Å². The first-order valence-corrected chi connectivity index (χ1v) is 8.05. The van der Waals surface area contributed by atoms with Gasteiger partial charge in [0.2, 0.25) is 11.5 Å². The van der Waals surface area contributed by atoms with Crippen LogP contribution in [-0.4, -0.2) is 31.7 Å². The fourth-order valence-corrected chi connectivity index (χ4v) is 2.92. The van der Waals surface area contributed by atoms with Gasteiger partial charge in [-0.2, -0.15) is 0 Å². The number of halogens is 1. The van der Waals surface area contributed by atoms with E-state index in [4.69, 9.17) is 14.2 Å². The Labute approximate surface area is 144 Å². The Hall–Kier alpha value is -1.95. The third-order valence-corrected chi connectivity index (χ3v) is 3.92. The smallest absolute Gasteiger partial charge is 0.209 e. The molecule has 0 aliphatic carbocycles. The van der Waals surface area contributed by atoms with E-state index in [1.807, 2.05) is 16.8 Å². The van der Waals surface area contributed by atoms with Crippen molar-refractivity contribution in [2.24, 2.45) is 0 Å². The monoisotopic (exact) mass is 381 g/mol. The van der Waals surface area contributed by atoms with Crippen LogP contribution in [0, 0.1) is 0 Å². The SMILES string of the molecule is CCCn1cc(Br)cc1C(=O)c1cc(OC)c(OC)c(OC)c1. The molecular formula is C17H20BrNO4. The Morgan fingerprint density at radius 3 is 2.17 bits per heavy atom. The molecule has 0 amide bonds. The van der Waals surface area contributed by atoms with Gasteiger partial charge < -0.3 is 18.8 Å². The lowest BCUT2D eigenvalue weighted by Gasteiger charge is -2.14. The molecule has 0 fully saturated rings. The van der Waals surface area contributed by atoms with Crippen molar-refractivity contribution in [3.63, 3.8) is 0 Å². The summed E-state index contributed by atoms with van der Waals surface area (Å²) in [6.07, 6.45) is 2.85. The molecule has 1 aromatic carbocycles. The van der Waals surface area contributed by atoms with Crippen LogP contribution in [0.4, 0.5) is 0 Å². The topological polar surface area (TPSA) is 49.7 Å². The molecule has 23 heavy (non-hydrogen) atoms. The predicted octanol–water partition coefficient (Wildman–Crippen LogP) is 3.92. The Kier molecular flexibility index (Phi) is 5.71. The van der Waals surface area contributed by atoms with Crippen molar-refractivity contribution in [3.05, 3.63) is 40.1 Å². The number of nitrogens with zero attached hydrogens (tertiary/aromatic N) is 1. The van der Waals surface area contributed by atoms with Gasteiger partial charge in [0.1, 0.15) is 0 Å². The van der Waals surface area contributed by atoms with Gasteiger partial charge in [0.25, 0.3) is 0 Å². The second kappa shape index (κ2) is 7.55. The molecule has 5 nitrogen and oxygen atoms in total. The summed E-state index contributed by atoms with van der Waals surface area (Å²) in [7, 11) is 4.59. The van der Waals surface area contributed by atoms with Crippen LogP contribution in [0.2, 0.25) is 0 Å². The van der Waals surface area contributed by atoms with E-state index in [2.05, 4.69) is 22.9 Å². The van der Waals surface area contributed by atoms with E-state index in [0.29, 0.717) is 28.5 Å². The van der Waals surface area contributed by atoms with Gasteiger partial charge in [-0.3, -0.25) is 4.79 Å². The predicted molar refractivity (Wildman–Crippen MR) is 92.0 cm³/mol. The van der Waals surface area contributed by atoms with Crippen molar-refractivity contribution in [3.8, 4) is 17.2 Å². The van der Waals surface area contributed by atoms with Gasteiger partial charge >= 0.3 is 0 Å². The van der Waals surface area contributed by atoms with Crippen molar-refractivity contribution < 1.29 is 19.0 Å². The molecule has 0 bridgehead atoms. The van der Waals surface area contributed by atoms with Crippen molar-refractivity contribution in [1.82, 2.24) is 4.57 Å². The molecule has 0 saturated heterocycles. The first-order chi connectivity index (χ1) is 11.0. The van der Waals surface area contributed by atoms with Crippen LogP contribution < -0.4 is 14.2 Å². The molecule has 0 atom stereocenters. The molecule has 124 valence electrons. The summed E-state index contributed by atoms with van der Waals surface area (Å²) in [5.41, 5.74) is 1.11. The van der Waals surface area contributed by atoms with Crippen LogP contribution in [0.3, 0.4) is 0 Å². The fraction of sp³-hybridized carbons (Fsp3) is 0.353. The van der Waals surface area contributed by atoms with E-state index in [-0.39, 0.29) is 5.78 Å². The Bertz CT molecular complexity index is 684. The van der Waals surface area contributed by atoms with Gasteiger partial charge in [0.05, 0.1) is 27.0 Å². The first-order valence-electron chi connectivity index (χ1n) is 7.26. The van der Waals surface area contributed by atoms with E-state index in [9.17, 15) is 4.79 Å². The van der Waals surface area contributed by atoms with Gasteiger partial charge in [-0.1, -0.05) is 6.92 Å². The van der Waals surface area contributed by atoms with Crippen LogP contribution in [0.1, 0.15) is 29.4 Å². The summed E-state index contributed by atoms with van der Waals surface area (Å²) >= 11 is 3.43. The highest BCUT2D eigenvalue weighted by Crippen LogP contribution is 2.38. The molecular weight excluding hydrogens is 362 g/mol. The number of benzene rings is 1. The fourth-order valence-electron chi connectivity index (χ4n) is 2.45. The van der Waals surface area contributed by atoms with E-state index >= 15 is 0 Å². The standard InChI is InChI=1S/C17H20BrNO4/c1-5-6-19-10-12(18)9-13(19)16(20)11-7-14(21-2)17(23-4)15(8-11)22-3/h7-10H,5-6H2,1-4H3. The maximum atomic E-state index is 12.9. The van der Waals surface area contributed by atoms with Crippen LogP contribution >= 0.6 is 15.9 Å². The van der Waals surface area contributed by atoms with E-state index < -0.39 is 0 Å². The van der Waals surface area contributed by atoms with Crippen LogP contribution in [0.25, 0.3) is 0 Å². The van der Waals surface area contributed by atoms with Gasteiger partial charge in [0.15, 0.2) is 11.5 Å². The second-order valence-corrected chi connectivity index (χ2v) is 5.90. The lowest BCUT2D eigenvalue weighted by atomic mass is 10.1. The van der Waals surface area contributed by atoms with Gasteiger partial charge in [-0.05, 0) is 40.5 Å². The number of ketones is 1. The summed E-state index contributed by atoms with van der Waals surface area (Å²) in [6, 6.07) is 5.16. The summed E-state index contributed by atoms with van der Waals surface area (Å²) in [5.74, 6) is 1.30. The van der Waals surface area contributed by atoms with Crippen molar-refractivity contribution in [2.45, 2.75) is 19.9 Å². The molecule has 0 unspecified atom stereocenters. The quantitative estimate of drug-likeness (QED) is 0.682. The zero-order valence-corrected chi connectivity index (χ0v) is 15.3. The molecule has 0 spiro atoms. The van der Waals surface area contributed by atoms with E-state index in [1.54, 1.807) is 12.1 Å². The van der Waals surface area contributed by atoms with Gasteiger partial charge in [-0.15, -0.1) is 0 Å². The van der Waals surface area contributed by atoms with Crippen LogP contribution in [-0.2, 0) is 6.54 Å². The minimum absolute atomic E-state index is 0.0941. The van der Waals surface area contributed by atoms with Crippen molar-refractivity contribution in [2.75, 3.05) is 21.3 Å². The average Bonchev–Trinajstić information content (AvgIpc) is 2.93. The molecule has 0 N–H and O–H groups in total. The summed E-state index contributed by atoms with van der Waals surface area (Å²) in [6.45, 7) is 2.85. The number of ether oxygens (including phenoxy) is 3. The highest BCUT2D eigenvalue weighted by molar-refractivity contribution is 9.10. The third kappa shape index (κ3) is 3.52. The normalized spacial score (nSPS) is 10.5. The molecule has 0 saturated carbocycles. The molecule has 1 heterocycles. The number of hydrogen-bond donors (Lipinski definition) is 0. The zero-order valence-electron chi connectivity index (χ0n) is 13.7. The molecule has 1 aromatic heterocycles. The summed E-state index contributed by atoms with van der Waals surface area (Å²) in [5, 5.41) is 0. The van der Waals surface area contributed by atoms with E-state index in [0.717, 1.165) is 17.4 Å². The number of aromatic nitrogens is 1. The minimum atomic E-state index is -0.0941. The van der Waals surface area contributed by atoms with E-state index in [1.165, 1.54) is 21.3 Å². The number of carbonyl (C=O) groups is 1. The summed E-state index contributed by atoms with van der Waals surface area (Å²) in [4.78, 5) is 12.9. The Morgan fingerprint density at radius 1 is 1.09 bits per heavy atom. The van der Waals surface area contributed by atoms with Crippen molar-refractivity contribution >= 4 is 21.7 Å². The summed E-state index contributed by atoms with van der Waals surface area (Å²) < 4.78 is 18.7. The van der Waals surface area contributed by atoms with Gasteiger partial charge in [0, 0.05) is 22.8 Å². The lowest BCUT2D eigenvalue weighted by molar-refractivity contribution is 0.102. The Morgan fingerprint density at radius 2 is 1.70 bits per heavy atom. The van der Waals surface area contributed by atoms with Gasteiger partial charge in [-0.25, -0.2) is 0 Å². The second-order valence-electron chi connectivity index (χ2n) is 4.98. The average molecular weight is 382 g/mol. The number of carbonyl (C=O) groups excluding carboxylic acids is 1. The lowest BCUT2D eigenvalue weighted by Crippen LogP contribution is -2.10. The number of hydrogen-bond acceptors (Lipinski definition) is 4. The highest BCUT2D eigenvalue weighted by Gasteiger charge is 2.20. The molecule has 2 rings (SSSR count). The first kappa shape index (κ1) is 17.4. The number of aryl methyl sites for hydroxylation is 1. The number of rotatable bonds is 7. The molecule has 6 heteroatoms. The molecule has 0 radical (unpaired) electrons. The molecule has 0 aliphatic heterocycles.